The van der Waals surface area contributed by atoms with E-state index in [0.29, 0.717) is 12.2 Å². The third-order valence-corrected chi connectivity index (χ3v) is 2.14. The van der Waals surface area contributed by atoms with Gasteiger partial charge in [-0.25, -0.2) is 0 Å². The zero-order valence-corrected chi connectivity index (χ0v) is 8.02. The van der Waals surface area contributed by atoms with Crippen LogP contribution in [0.4, 0.5) is 0 Å². The van der Waals surface area contributed by atoms with Crippen molar-refractivity contribution in [1.82, 2.24) is 5.16 Å². The van der Waals surface area contributed by atoms with Crippen molar-refractivity contribution in [2.75, 3.05) is 5.75 Å². The predicted molar refractivity (Wildman–Crippen MR) is 48.5 cm³/mol. The number of rotatable bonds is 3. The van der Waals surface area contributed by atoms with Crippen molar-refractivity contribution >= 4 is 18.4 Å². The molecular formula is C8H11NO2S. The summed E-state index contributed by atoms with van der Waals surface area (Å²) in [6.45, 7) is 3.75. The molecule has 0 fully saturated rings. The number of Topliss-reactive ketones (excluding diaryl/α,β-unsaturated/α-hetero) is 1. The predicted octanol–water partition coefficient (Wildman–Crippen LogP) is 1.33. The topological polar surface area (TPSA) is 43.1 Å². The van der Waals surface area contributed by atoms with Gasteiger partial charge in [0.2, 0.25) is 0 Å². The number of carbonyl (C=O) groups excluding carboxylic acids is 1. The Labute approximate surface area is 76.5 Å². The van der Waals surface area contributed by atoms with E-state index in [2.05, 4.69) is 17.8 Å². The van der Waals surface area contributed by atoms with Gasteiger partial charge in [-0.3, -0.25) is 4.79 Å². The zero-order valence-electron chi connectivity index (χ0n) is 7.13. The summed E-state index contributed by atoms with van der Waals surface area (Å²) in [5.74, 6) is 0.961. The van der Waals surface area contributed by atoms with E-state index in [0.717, 1.165) is 11.3 Å². The number of aromatic nitrogens is 1. The monoisotopic (exact) mass is 185 g/mol. The number of thiol groups is 1. The standard InChI is InChI=1S/C8H11NO2S/c1-5-6(2)9-11-8(5)3-7(10)4-12/h12H,3-4H2,1-2H3. The largest absolute Gasteiger partial charge is 0.360 e. The molecule has 1 rings (SSSR count). The lowest BCUT2D eigenvalue weighted by atomic mass is 10.1. The van der Waals surface area contributed by atoms with Crippen molar-refractivity contribution in [3.63, 3.8) is 0 Å². The Morgan fingerprint density at radius 3 is 2.67 bits per heavy atom. The molecular weight excluding hydrogens is 174 g/mol. The Kier molecular flexibility index (Phi) is 2.92. The number of hydrogen-bond acceptors (Lipinski definition) is 4. The van der Waals surface area contributed by atoms with E-state index in [4.69, 9.17) is 4.52 Å². The fourth-order valence-corrected chi connectivity index (χ4v) is 0.974. The number of hydrogen-bond donors (Lipinski definition) is 1. The maximum absolute atomic E-state index is 11.0. The number of carbonyl (C=O) groups is 1. The number of aryl methyl sites for hydroxylation is 1. The first-order valence-electron chi connectivity index (χ1n) is 3.69. The summed E-state index contributed by atoms with van der Waals surface area (Å²) in [5.41, 5.74) is 1.81. The van der Waals surface area contributed by atoms with Crippen molar-refractivity contribution in [2.24, 2.45) is 0 Å². The fourth-order valence-electron chi connectivity index (χ4n) is 0.862. The lowest BCUT2D eigenvalue weighted by molar-refractivity contribution is -0.116. The van der Waals surface area contributed by atoms with Crippen molar-refractivity contribution in [3.8, 4) is 0 Å². The van der Waals surface area contributed by atoms with Gasteiger partial charge in [0, 0.05) is 11.3 Å². The molecule has 0 N–H and O–H groups in total. The van der Waals surface area contributed by atoms with E-state index >= 15 is 0 Å². The minimum atomic E-state index is 0.0533. The second-order valence-electron chi connectivity index (χ2n) is 2.69. The molecule has 4 heteroatoms. The van der Waals surface area contributed by atoms with Crippen LogP contribution in [0.1, 0.15) is 17.0 Å². The molecule has 0 bridgehead atoms. The van der Waals surface area contributed by atoms with Gasteiger partial charge in [-0.15, -0.1) is 0 Å². The summed E-state index contributed by atoms with van der Waals surface area (Å²) in [6.07, 6.45) is 0.302. The molecule has 1 aromatic heterocycles. The lowest BCUT2D eigenvalue weighted by Crippen LogP contribution is -2.03. The first kappa shape index (κ1) is 9.32. The summed E-state index contributed by atoms with van der Waals surface area (Å²) >= 11 is 3.88. The van der Waals surface area contributed by atoms with Crippen LogP contribution in [-0.2, 0) is 11.2 Å². The van der Waals surface area contributed by atoms with Crippen LogP contribution >= 0.6 is 12.6 Å². The Morgan fingerprint density at radius 1 is 1.58 bits per heavy atom. The molecule has 66 valence electrons. The minimum Gasteiger partial charge on any atom is -0.360 e. The van der Waals surface area contributed by atoms with E-state index in [9.17, 15) is 4.79 Å². The van der Waals surface area contributed by atoms with Gasteiger partial charge in [0.15, 0.2) is 0 Å². The van der Waals surface area contributed by atoms with Gasteiger partial charge in [0.25, 0.3) is 0 Å². The molecule has 0 amide bonds. The van der Waals surface area contributed by atoms with E-state index in [1.807, 2.05) is 13.8 Å². The molecule has 0 aliphatic carbocycles. The van der Waals surface area contributed by atoms with Gasteiger partial charge in [0.1, 0.15) is 11.5 Å². The van der Waals surface area contributed by atoms with E-state index < -0.39 is 0 Å². The van der Waals surface area contributed by atoms with Crippen molar-refractivity contribution < 1.29 is 9.32 Å². The highest BCUT2D eigenvalue weighted by Gasteiger charge is 2.11. The maximum Gasteiger partial charge on any atom is 0.150 e. The highest BCUT2D eigenvalue weighted by molar-refractivity contribution is 7.81. The van der Waals surface area contributed by atoms with Crippen molar-refractivity contribution in [2.45, 2.75) is 20.3 Å². The van der Waals surface area contributed by atoms with Crippen LogP contribution in [0.25, 0.3) is 0 Å². The molecule has 0 aliphatic rings. The molecule has 12 heavy (non-hydrogen) atoms. The maximum atomic E-state index is 11.0. The highest BCUT2D eigenvalue weighted by atomic mass is 32.1. The molecule has 0 saturated heterocycles. The Hall–Kier alpha value is -0.770. The number of nitrogens with zero attached hydrogens (tertiary/aromatic N) is 1. The third kappa shape index (κ3) is 1.88. The smallest absolute Gasteiger partial charge is 0.150 e. The summed E-state index contributed by atoms with van der Waals surface area (Å²) < 4.78 is 4.96. The van der Waals surface area contributed by atoms with Gasteiger partial charge in [-0.1, -0.05) is 5.16 Å². The van der Waals surface area contributed by atoms with Gasteiger partial charge in [-0.05, 0) is 13.8 Å². The summed E-state index contributed by atoms with van der Waals surface area (Å²) in [4.78, 5) is 11.0. The van der Waals surface area contributed by atoms with E-state index in [-0.39, 0.29) is 11.5 Å². The molecule has 0 saturated carbocycles. The van der Waals surface area contributed by atoms with Gasteiger partial charge < -0.3 is 4.52 Å². The molecule has 0 aliphatic heterocycles. The van der Waals surface area contributed by atoms with Crippen LogP contribution in [0.3, 0.4) is 0 Å². The second kappa shape index (κ2) is 3.76. The summed E-state index contributed by atoms with van der Waals surface area (Å²) in [5, 5.41) is 3.75. The molecule has 0 atom stereocenters. The van der Waals surface area contributed by atoms with Gasteiger partial charge in [-0.2, -0.15) is 12.6 Å². The van der Waals surface area contributed by atoms with Crippen LogP contribution in [0, 0.1) is 13.8 Å². The number of ketones is 1. The van der Waals surface area contributed by atoms with Gasteiger partial charge in [0.05, 0.1) is 12.1 Å². The lowest BCUT2D eigenvalue weighted by Gasteiger charge is -1.93. The Bertz CT molecular complexity index is 293. The fraction of sp³-hybridized carbons (Fsp3) is 0.500. The molecule has 0 aromatic carbocycles. The minimum absolute atomic E-state index is 0.0533. The molecule has 1 aromatic rings. The average Bonchev–Trinajstić information content (AvgIpc) is 2.36. The zero-order chi connectivity index (χ0) is 9.14. The van der Waals surface area contributed by atoms with Crippen molar-refractivity contribution in [3.05, 3.63) is 17.0 Å². The quantitative estimate of drug-likeness (QED) is 0.722. The molecule has 1 heterocycles. The van der Waals surface area contributed by atoms with Gasteiger partial charge >= 0.3 is 0 Å². The summed E-state index contributed by atoms with van der Waals surface area (Å²) in [7, 11) is 0. The summed E-state index contributed by atoms with van der Waals surface area (Å²) in [6, 6.07) is 0. The first-order valence-corrected chi connectivity index (χ1v) is 4.32. The van der Waals surface area contributed by atoms with Crippen LogP contribution < -0.4 is 0 Å². The molecule has 3 nitrogen and oxygen atoms in total. The molecule has 0 unspecified atom stereocenters. The second-order valence-corrected chi connectivity index (χ2v) is 3.01. The normalized spacial score (nSPS) is 10.2. The van der Waals surface area contributed by atoms with Crippen LogP contribution in [0.5, 0.6) is 0 Å². The SMILES string of the molecule is Cc1noc(CC(=O)CS)c1C. The first-order chi connectivity index (χ1) is 5.65. The molecule has 0 radical (unpaired) electrons. The van der Waals surface area contributed by atoms with E-state index in [1.165, 1.54) is 0 Å². The van der Waals surface area contributed by atoms with Crippen LogP contribution in [0.15, 0.2) is 4.52 Å². The molecule has 0 spiro atoms. The van der Waals surface area contributed by atoms with Crippen LogP contribution in [0.2, 0.25) is 0 Å². The highest BCUT2D eigenvalue weighted by Crippen LogP contribution is 2.12. The Balaban J connectivity index is 2.76. The van der Waals surface area contributed by atoms with Crippen LogP contribution in [-0.4, -0.2) is 16.7 Å². The average molecular weight is 185 g/mol. The Morgan fingerprint density at radius 2 is 2.25 bits per heavy atom. The third-order valence-electron chi connectivity index (χ3n) is 1.79. The van der Waals surface area contributed by atoms with E-state index in [1.54, 1.807) is 0 Å². The van der Waals surface area contributed by atoms with Crippen molar-refractivity contribution in [1.29, 1.82) is 0 Å².